The van der Waals surface area contributed by atoms with Crippen LogP contribution in [0.4, 0.5) is 0 Å². The highest BCUT2D eigenvalue weighted by molar-refractivity contribution is 5.91. The van der Waals surface area contributed by atoms with E-state index in [1.165, 1.54) is 53.4 Å². The van der Waals surface area contributed by atoms with Crippen molar-refractivity contribution in [1.29, 1.82) is 0 Å². The molecule has 3 heteroatoms. The maximum atomic E-state index is 8.85. The van der Waals surface area contributed by atoms with Crippen molar-refractivity contribution < 1.29 is 5.11 Å². The van der Waals surface area contributed by atoms with E-state index in [0.717, 1.165) is 19.4 Å². The molecule has 0 amide bonds. The third-order valence-corrected chi connectivity index (χ3v) is 4.95. The number of aliphatic hydroxyl groups excluding tert-OH is 1. The first kappa shape index (κ1) is 17.7. The molecule has 0 spiro atoms. The Morgan fingerprint density at radius 2 is 1.68 bits per heavy atom. The average molecular weight is 336 g/mol. The first-order valence-corrected chi connectivity index (χ1v) is 9.42. The van der Waals surface area contributed by atoms with Crippen LogP contribution in [0.5, 0.6) is 0 Å². The first-order chi connectivity index (χ1) is 12.3. The Kier molecular flexibility index (Phi) is 6.24. The largest absolute Gasteiger partial charge is 0.396 e. The fraction of sp³-hybridized carbons (Fsp3) is 0.409. The molecule has 0 bridgehead atoms. The number of pyridine rings is 1. The van der Waals surface area contributed by atoms with E-state index in [2.05, 4.69) is 46.8 Å². The second kappa shape index (κ2) is 8.82. The zero-order valence-electron chi connectivity index (χ0n) is 15.1. The van der Waals surface area contributed by atoms with Crippen LogP contribution in [0.1, 0.15) is 44.1 Å². The summed E-state index contributed by atoms with van der Waals surface area (Å²) in [6, 6.07) is 12.9. The number of benzene rings is 1. The van der Waals surface area contributed by atoms with Gasteiger partial charge in [0.05, 0.1) is 5.69 Å². The molecule has 0 saturated heterocycles. The molecule has 0 aliphatic heterocycles. The van der Waals surface area contributed by atoms with Crippen LogP contribution in [0.15, 0.2) is 48.8 Å². The quantitative estimate of drug-likeness (QED) is 0.535. The topological polar surface area (TPSA) is 38.0 Å². The third-order valence-electron chi connectivity index (χ3n) is 4.95. The number of para-hydroxylation sites is 1. The molecule has 3 rings (SSSR count). The number of hydrogen-bond acceptors (Lipinski definition) is 2. The minimum Gasteiger partial charge on any atom is -0.396 e. The van der Waals surface area contributed by atoms with Gasteiger partial charge in [-0.25, -0.2) is 0 Å². The molecule has 0 radical (unpaired) electrons. The first-order valence-electron chi connectivity index (χ1n) is 9.42. The van der Waals surface area contributed by atoms with Crippen molar-refractivity contribution >= 4 is 10.9 Å². The van der Waals surface area contributed by atoms with Crippen LogP contribution in [-0.2, 0) is 6.54 Å². The van der Waals surface area contributed by atoms with E-state index in [9.17, 15) is 0 Å². The molecule has 0 fully saturated rings. The molecular weight excluding hydrogens is 308 g/mol. The van der Waals surface area contributed by atoms with Gasteiger partial charge in [0.1, 0.15) is 0 Å². The molecule has 2 aromatic heterocycles. The molecule has 0 unspecified atom stereocenters. The number of aromatic nitrogens is 2. The van der Waals surface area contributed by atoms with Crippen molar-refractivity contribution in [3.8, 4) is 11.3 Å². The lowest BCUT2D eigenvalue weighted by Crippen LogP contribution is -2.01. The Bertz CT molecular complexity index is 792. The molecule has 25 heavy (non-hydrogen) atoms. The van der Waals surface area contributed by atoms with Crippen LogP contribution in [0.2, 0.25) is 0 Å². The summed E-state index contributed by atoms with van der Waals surface area (Å²) in [5, 5.41) is 10.2. The van der Waals surface area contributed by atoms with Crippen molar-refractivity contribution in [3.05, 3.63) is 54.4 Å². The summed E-state index contributed by atoms with van der Waals surface area (Å²) in [5.41, 5.74) is 5.15. The van der Waals surface area contributed by atoms with E-state index in [1.807, 2.05) is 18.5 Å². The van der Waals surface area contributed by atoms with E-state index in [0.29, 0.717) is 6.61 Å². The Morgan fingerprint density at radius 1 is 0.920 bits per heavy atom. The predicted molar refractivity (Wildman–Crippen MR) is 105 cm³/mol. The Hall–Kier alpha value is -2.13. The van der Waals surface area contributed by atoms with E-state index in [4.69, 9.17) is 5.11 Å². The average Bonchev–Trinajstić information content (AvgIpc) is 2.94. The van der Waals surface area contributed by atoms with Gasteiger partial charge in [0.25, 0.3) is 0 Å². The lowest BCUT2D eigenvalue weighted by molar-refractivity contribution is 0.282. The van der Waals surface area contributed by atoms with E-state index in [-0.39, 0.29) is 0 Å². The second-order valence-corrected chi connectivity index (χ2v) is 6.73. The Morgan fingerprint density at radius 3 is 2.44 bits per heavy atom. The molecular formula is C22H28N2O. The highest BCUT2D eigenvalue weighted by Gasteiger charge is 2.15. The van der Waals surface area contributed by atoms with Gasteiger partial charge in [0, 0.05) is 42.0 Å². The highest BCUT2D eigenvalue weighted by Crippen LogP contribution is 2.33. The van der Waals surface area contributed by atoms with Crippen LogP contribution in [0, 0.1) is 6.92 Å². The van der Waals surface area contributed by atoms with Gasteiger partial charge in [-0.05, 0) is 43.5 Å². The number of rotatable bonds is 9. The summed E-state index contributed by atoms with van der Waals surface area (Å²) in [4.78, 5) is 4.32. The Labute approximate surface area is 150 Å². The summed E-state index contributed by atoms with van der Waals surface area (Å²) >= 11 is 0. The second-order valence-electron chi connectivity index (χ2n) is 6.73. The van der Waals surface area contributed by atoms with Crippen molar-refractivity contribution in [2.24, 2.45) is 0 Å². The maximum Gasteiger partial charge on any atom is 0.0536 e. The lowest BCUT2D eigenvalue weighted by atomic mass is 10.1. The van der Waals surface area contributed by atoms with Crippen molar-refractivity contribution in [3.63, 3.8) is 0 Å². The predicted octanol–water partition coefficient (Wildman–Crippen LogP) is 5.34. The normalized spacial score (nSPS) is 11.3. The van der Waals surface area contributed by atoms with Gasteiger partial charge < -0.3 is 9.67 Å². The standard InChI is InChI=1S/C22H28N2O/c1-18-20-12-6-7-13-21(20)24(15-8-4-2-3-5-9-16-25)22(18)19-11-10-14-23-17-19/h6-7,10-14,17,25H,2-5,8-9,15-16H2,1H3. The van der Waals surface area contributed by atoms with Gasteiger partial charge >= 0.3 is 0 Å². The SMILES string of the molecule is Cc1c(-c2cccnc2)n(CCCCCCCCO)c2ccccc12. The van der Waals surface area contributed by atoms with Crippen molar-refractivity contribution in [2.45, 2.75) is 52.0 Å². The van der Waals surface area contributed by atoms with Gasteiger partial charge in [-0.15, -0.1) is 0 Å². The Balaban J connectivity index is 1.79. The number of hydrogen-bond donors (Lipinski definition) is 1. The summed E-state index contributed by atoms with van der Waals surface area (Å²) < 4.78 is 2.47. The fourth-order valence-corrected chi connectivity index (χ4v) is 3.67. The summed E-state index contributed by atoms with van der Waals surface area (Å²) in [7, 11) is 0. The minimum atomic E-state index is 0.323. The number of aliphatic hydroxyl groups is 1. The number of unbranched alkanes of at least 4 members (excludes halogenated alkanes) is 5. The number of aryl methyl sites for hydroxylation is 2. The molecule has 132 valence electrons. The van der Waals surface area contributed by atoms with Gasteiger partial charge in [0.15, 0.2) is 0 Å². The zero-order chi connectivity index (χ0) is 17.5. The summed E-state index contributed by atoms with van der Waals surface area (Å²) in [6.45, 7) is 3.58. The molecule has 0 atom stereocenters. The molecule has 2 heterocycles. The minimum absolute atomic E-state index is 0.323. The van der Waals surface area contributed by atoms with Crippen LogP contribution < -0.4 is 0 Å². The van der Waals surface area contributed by atoms with Gasteiger partial charge in [0.2, 0.25) is 0 Å². The molecule has 0 aliphatic rings. The smallest absolute Gasteiger partial charge is 0.0536 e. The fourth-order valence-electron chi connectivity index (χ4n) is 3.67. The van der Waals surface area contributed by atoms with E-state index >= 15 is 0 Å². The maximum absolute atomic E-state index is 8.85. The van der Waals surface area contributed by atoms with Crippen molar-refractivity contribution in [1.82, 2.24) is 9.55 Å². The lowest BCUT2D eigenvalue weighted by Gasteiger charge is -2.12. The highest BCUT2D eigenvalue weighted by atomic mass is 16.2. The molecule has 0 saturated carbocycles. The van der Waals surface area contributed by atoms with E-state index < -0.39 is 0 Å². The van der Waals surface area contributed by atoms with Gasteiger partial charge in [-0.1, -0.05) is 43.9 Å². The molecule has 3 nitrogen and oxygen atoms in total. The van der Waals surface area contributed by atoms with Crippen LogP contribution in [0.25, 0.3) is 22.2 Å². The van der Waals surface area contributed by atoms with E-state index in [1.54, 1.807) is 0 Å². The molecule has 0 aliphatic carbocycles. The molecule has 3 aromatic rings. The zero-order valence-corrected chi connectivity index (χ0v) is 15.1. The summed E-state index contributed by atoms with van der Waals surface area (Å²) in [5.74, 6) is 0. The number of nitrogens with zero attached hydrogens (tertiary/aromatic N) is 2. The third kappa shape index (κ3) is 4.10. The number of fused-ring (bicyclic) bond motifs is 1. The van der Waals surface area contributed by atoms with Crippen LogP contribution >= 0.6 is 0 Å². The molecule has 1 aromatic carbocycles. The monoisotopic (exact) mass is 336 g/mol. The van der Waals surface area contributed by atoms with Gasteiger partial charge in [-0.2, -0.15) is 0 Å². The molecule has 1 N–H and O–H groups in total. The van der Waals surface area contributed by atoms with Gasteiger partial charge in [-0.3, -0.25) is 4.98 Å². The van der Waals surface area contributed by atoms with Crippen LogP contribution in [-0.4, -0.2) is 21.3 Å². The van der Waals surface area contributed by atoms with Crippen molar-refractivity contribution in [2.75, 3.05) is 6.61 Å². The summed E-state index contributed by atoms with van der Waals surface area (Å²) in [6.07, 6.45) is 10.8. The van der Waals surface area contributed by atoms with Crippen LogP contribution in [0.3, 0.4) is 0 Å².